The monoisotopic (exact) mass is 382 g/mol. The van der Waals surface area contributed by atoms with Crippen LogP contribution in [0.3, 0.4) is 0 Å². The molecular weight excluding hydrogens is 352 g/mol. The molecule has 1 aliphatic carbocycles. The minimum Gasteiger partial charge on any atom is -0.355 e. The highest BCUT2D eigenvalue weighted by atomic mass is 16.2. The zero-order chi connectivity index (χ0) is 19.7. The summed E-state index contributed by atoms with van der Waals surface area (Å²) in [6, 6.07) is 4.51. The molecule has 1 aliphatic heterocycles. The fraction of sp³-hybridized carbons (Fsp3) is 0.591. The van der Waals surface area contributed by atoms with Gasteiger partial charge in [-0.15, -0.1) is 0 Å². The Morgan fingerprint density at radius 3 is 2.82 bits per heavy atom. The van der Waals surface area contributed by atoms with E-state index >= 15 is 0 Å². The minimum atomic E-state index is -0.0844. The van der Waals surface area contributed by atoms with Crippen LogP contribution in [0, 0.1) is 19.8 Å². The molecule has 28 heavy (non-hydrogen) atoms. The Kier molecular flexibility index (Phi) is 5.38. The number of hydrogen-bond acceptors (Lipinski definition) is 3. The van der Waals surface area contributed by atoms with E-state index in [0.717, 1.165) is 29.7 Å². The SMILES string of the molecule is Cc1ccc2[nH]c(CCNC(=O)C3CCC(=O)N(C4CCCC4)C3)nc2c1C. The van der Waals surface area contributed by atoms with Gasteiger partial charge in [0, 0.05) is 32.0 Å². The van der Waals surface area contributed by atoms with Crippen LogP contribution in [0.1, 0.15) is 55.5 Å². The summed E-state index contributed by atoms with van der Waals surface area (Å²) in [7, 11) is 0. The van der Waals surface area contributed by atoms with Crippen molar-refractivity contribution in [1.29, 1.82) is 0 Å². The van der Waals surface area contributed by atoms with Gasteiger partial charge in [-0.25, -0.2) is 4.98 Å². The molecule has 1 saturated carbocycles. The maximum atomic E-state index is 12.6. The van der Waals surface area contributed by atoms with Crippen molar-refractivity contribution in [3.8, 4) is 0 Å². The van der Waals surface area contributed by atoms with Gasteiger partial charge in [-0.2, -0.15) is 0 Å². The molecule has 4 rings (SSSR count). The van der Waals surface area contributed by atoms with E-state index in [-0.39, 0.29) is 17.7 Å². The van der Waals surface area contributed by atoms with E-state index in [1.54, 1.807) is 0 Å². The molecule has 6 heteroatoms. The van der Waals surface area contributed by atoms with Gasteiger partial charge in [-0.05, 0) is 50.3 Å². The number of H-pyrrole nitrogens is 1. The third-order valence-electron chi connectivity index (χ3n) is 6.47. The summed E-state index contributed by atoms with van der Waals surface area (Å²) in [6.07, 6.45) is 6.41. The zero-order valence-corrected chi connectivity index (χ0v) is 16.9. The molecule has 0 radical (unpaired) electrons. The van der Waals surface area contributed by atoms with Crippen LogP contribution in [0.5, 0.6) is 0 Å². The molecule has 2 N–H and O–H groups in total. The molecule has 1 aromatic heterocycles. The van der Waals surface area contributed by atoms with Crippen LogP contribution in [0.25, 0.3) is 11.0 Å². The first-order chi connectivity index (χ1) is 13.5. The molecule has 1 unspecified atom stereocenters. The average Bonchev–Trinajstić information content (AvgIpc) is 3.35. The number of imidazole rings is 1. The molecule has 1 atom stereocenters. The smallest absolute Gasteiger partial charge is 0.224 e. The predicted octanol–water partition coefficient (Wildman–Crippen LogP) is 3.02. The second-order valence-electron chi connectivity index (χ2n) is 8.35. The van der Waals surface area contributed by atoms with Crippen LogP contribution >= 0.6 is 0 Å². The molecule has 2 heterocycles. The lowest BCUT2D eigenvalue weighted by molar-refractivity contribution is -0.140. The molecular formula is C22H30N4O2. The predicted molar refractivity (Wildman–Crippen MR) is 109 cm³/mol. The molecule has 0 spiro atoms. The number of nitrogens with one attached hydrogen (secondary N) is 2. The maximum absolute atomic E-state index is 12.6. The number of rotatable bonds is 5. The van der Waals surface area contributed by atoms with Crippen LogP contribution in [-0.2, 0) is 16.0 Å². The first kappa shape index (κ1) is 19.0. The molecule has 1 aromatic carbocycles. The van der Waals surface area contributed by atoms with Gasteiger partial charge in [-0.1, -0.05) is 18.9 Å². The normalized spacial score (nSPS) is 20.9. The molecule has 1 saturated heterocycles. The molecule has 2 aliphatic rings. The van der Waals surface area contributed by atoms with E-state index in [1.165, 1.54) is 24.0 Å². The van der Waals surface area contributed by atoms with E-state index in [2.05, 4.69) is 36.3 Å². The molecule has 0 bridgehead atoms. The van der Waals surface area contributed by atoms with Crippen molar-refractivity contribution in [2.75, 3.05) is 13.1 Å². The number of amides is 2. The highest BCUT2D eigenvalue weighted by Gasteiger charge is 2.35. The number of carbonyl (C=O) groups is 2. The van der Waals surface area contributed by atoms with E-state index in [9.17, 15) is 9.59 Å². The van der Waals surface area contributed by atoms with Gasteiger partial charge in [0.25, 0.3) is 0 Å². The lowest BCUT2D eigenvalue weighted by Crippen LogP contribution is -2.49. The Hall–Kier alpha value is -2.37. The van der Waals surface area contributed by atoms with E-state index in [0.29, 0.717) is 38.4 Å². The number of nitrogens with zero attached hydrogens (tertiary/aromatic N) is 2. The number of carbonyl (C=O) groups excluding carboxylic acids is 2. The fourth-order valence-corrected chi connectivity index (χ4v) is 4.59. The third kappa shape index (κ3) is 3.77. The summed E-state index contributed by atoms with van der Waals surface area (Å²) in [6.45, 7) is 5.32. The van der Waals surface area contributed by atoms with E-state index in [1.807, 2.05) is 4.90 Å². The minimum absolute atomic E-state index is 0.0682. The third-order valence-corrected chi connectivity index (χ3v) is 6.47. The standard InChI is InChI=1S/C22H30N4O2/c1-14-7-9-18-21(15(14)2)25-19(24-18)11-12-23-22(28)16-8-10-20(27)26(13-16)17-5-3-4-6-17/h7,9,16-17H,3-6,8,10-13H2,1-2H3,(H,23,28)(H,24,25). The summed E-state index contributed by atoms with van der Waals surface area (Å²) in [5.41, 5.74) is 4.49. The van der Waals surface area contributed by atoms with Crippen molar-refractivity contribution in [1.82, 2.24) is 20.2 Å². The van der Waals surface area contributed by atoms with Crippen molar-refractivity contribution >= 4 is 22.8 Å². The Balaban J connectivity index is 1.32. The average molecular weight is 383 g/mol. The Bertz CT molecular complexity index is 882. The Morgan fingerprint density at radius 2 is 2.04 bits per heavy atom. The van der Waals surface area contributed by atoms with Gasteiger partial charge in [0.2, 0.25) is 11.8 Å². The van der Waals surface area contributed by atoms with Crippen molar-refractivity contribution in [3.05, 3.63) is 29.1 Å². The summed E-state index contributed by atoms with van der Waals surface area (Å²) in [4.78, 5) is 34.9. The van der Waals surface area contributed by atoms with E-state index < -0.39 is 0 Å². The van der Waals surface area contributed by atoms with Crippen molar-refractivity contribution in [3.63, 3.8) is 0 Å². The summed E-state index contributed by atoms with van der Waals surface area (Å²) < 4.78 is 0. The highest BCUT2D eigenvalue weighted by Crippen LogP contribution is 2.28. The lowest BCUT2D eigenvalue weighted by Gasteiger charge is -2.36. The van der Waals surface area contributed by atoms with Crippen LogP contribution in [0.15, 0.2) is 12.1 Å². The fourth-order valence-electron chi connectivity index (χ4n) is 4.59. The van der Waals surface area contributed by atoms with Gasteiger partial charge in [0.15, 0.2) is 0 Å². The summed E-state index contributed by atoms with van der Waals surface area (Å²) in [5.74, 6) is 1.11. The molecule has 150 valence electrons. The molecule has 2 fully saturated rings. The molecule has 6 nitrogen and oxygen atoms in total. The number of likely N-dealkylation sites (tertiary alicyclic amines) is 1. The topological polar surface area (TPSA) is 78.1 Å². The zero-order valence-electron chi connectivity index (χ0n) is 16.9. The number of piperidine rings is 1. The van der Waals surface area contributed by atoms with Crippen LogP contribution in [-0.4, -0.2) is 45.8 Å². The van der Waals surface area contributed by atoms with Crippen LogP contribution < -0.4 is 5.32 Å². The second-order valence-corrected chi connectivity index (χ2v) is 8.35. The van der Waals surface area contributed by atoms with Crippen molar-refractivity contribution in [2.45, 2.75) is 64.8 Å². The number of aryl methyl sites for hydroxylation is 2. The Morgan fingerprint density at radius 1 is 1.25 bits per heavy atom. The van der Waals surface area contributed by atoms with Gasteiger partial charge < -0.3 is 15.2 Å². The second kappa shape index (κ2) is 7.94. The largest absolute Gasteiger partial charge is 0.355 e. The number of aromatic nitrogens is 2. The van der Waals surface area contributed by atoms with E-state index in [4.69, 9.17) is 4.98 Å². The number of benzene rings is 1. The van der Waals surface area contributed by atoms with Gasteiger partial charge in [0.1, 0.15) is 5.82 Å². The quantitative estimate of drug-likeness (QED) is 0.834. The number of fused-ring (bicyclic) bond motifs is 1. The first-order valence-electron chi connectivity index (χ1n) is 10.5. The van der Waals surface area contributed by atoms with Gasteiger partial charge in [0.05, 0.1) is 17.0 Å². The number of aromatic amines is 1. The summed E-state index contributed by atoms with van der Waals surface area (Å²) >= 11 is 0. The van der Waals surface area contributed by atoms with Crippen LogP contribution in [0.2, 0.25) is 0 Å². The van der Waals surface area contributed by atoms with Gasteiger partial charge in [-0.3, -0.25) is 9.59 Å². The van der Waals surface area contributed by atoms with Crippen molar-refractivity contribution in [2.24, 2.45) is 5.92 Å². The molecule has 2 aromatic rings. The first-order valence-corrected chi connectivity index (χ1v) is 10.5. The van der Waals surface area contributed by atoms with Gasteiger partial charge >= 0.3 is 0 Å². The number of hydrogen-bond donors (Lipinski definition) is 2. The van der Waals surface area contributed by atoms with Crippen molar-refractivity contribution < 1.29 is 9.59 Å². The maximum Gasteiger partial charge on any atom is 0.224 e. The highest BCUT2D eigenvalue weighted by molar-refractivity contribution is 5.84. The summed E-state index contributed by atoms with van der Waals surface area (Å²) in [5, 5.41) is 3.06. The lowest BCUT2D eigenvalue weighted by atomic mass is 9.95. The Labute approximate surface area is 166 Å². The molecule has 2 amide bonds. The van der Waals surface area contributed by atoms with Crippen LogP contribution in [0.4, 0.5) is 0 Å².